The summed E-state index contributed by atoms with van der Waals surface area (Å²) < 4.78 is 1.81. The van der Waals surface area contributed by atoms with Gasteiger partial charge in [-0.25, -0.2) is 0 Å². The highest BCUT2D eigenvalue weighted by atomic mass is 35.5. The molecular formula is C13H16ClN3. The van der Waals surface area contributed by atoms with Crippen LogP contribution in [0.5, 0.6) is 0 Å². The SMILES string of the molecule is C[C@@H](NCc1cnn(C)c1)c1ccc(Cl)cc1. The van der Waals surface area contributed by atoms with Crippen LogP contribution >= 0.6 is 11.6 Å². The van der Waals surface area contributed by atoms with Crippen molar-refractivity contribution in [2.24, 2.45) is 7.05 Å². The Bertz CT molecular complexity index is 476. The predicted molar refractivity (Wildman–Crippen MR) is 69.9 cm³/mol. The Hall–Kier alpha value is -1.32. The molecule has 0 saturated heterocycles. The molecule has 4 heteroatoms. The van der Waals surface area contributed by atoms with Crippen molar-refractivity contribution >= 4 is 11.6 Å². The summed E-state index contributed by atoms with van der Waals surface area (Å²) in [5.74, 6) is 0. The van der Waals surface area contributed by atoms with Gasteiger partial charge in [0.25, 0.3) is 0 Å². The monoisotopic (exact) mass is 249 g/mol. The molecule has 0 aliphatic rings. The number of aromatic nitrogens is 2. The van der Waals surface area contributed by atoms with Crippen molar-refractivity contribution in [2.45, 2.75) is 19.5 Å². The van der Waals surface area contributed by atoms with E-state index in [1.807, 2.05) is 48.4 Å². The number of rotatable bonds is 4. The Kier molecular flexibility index (Phi) is 3.82. The normalized spacial score (nSPS) is 12.6. The number of halogens is 1. The van der Waals surface area contributed by atoms with E-state index in [1.165, 1.54) is 11.1 Å². The first kappa shape index (κ1) is 12.1. The topological polar surface area (TPSA) is 29.9 Å². The van der Waals surface area contributed by atoms with Crippen molar-refractivity contribution < 1.29 is 0 Å². The molecule has 0 bridgehead atoms. The van der Waals surface area contributed by atoms with Gasteiger partial charge in [0.2, 0.25) is 0 Å². The van der Waals surface area contributed by atoms with Crippen LogP contribution in [0, 0.1) is 0 Å². The zero-order chi connectivity index (χ0) is 12.3. The number of hydrogen-bond acceptors (Lipinski definition) is 2. The molecule has 0 aliphatic carbocycles. The van der Waals surface area contributed by atoms with Crippen LogP contribution in [-0.2, 0) is 13.6 Å². The molecule has 1 heterocycles. The third-order valence-corrected chi connectivity index (χ3v) is 2.99. The largest absolute Gasteiger partial charge is 0.306 e. The van der Waals surface area contributed by atoms with E-state index in [0.29, 0.717) is 6.04 Å². The molecule has 1 N–H and O–H groups in total. The average molecular weight is 250 g/mol. The van der Waals surface area contributed by atoms with Gasteiger partial charge in [-0.2, -0.15) is 5.10 Å². The summed E-state index contributed by atoms with van der Waals surface area (Å²) in [5.41, 5.74) is 2.42. The number of benzene rings is 1. The maximum atomic E-state index is 5.86. The Morgan fingerprint density at radius 1 is 1.35 bits per heavy atom. The highest BCUT2D eigenvalue weighted by Gasteiger charge is 2.05. The number of nitrogens with zero attached hydrogens (tertiary/aromatic N) is 2. The van der Waals surface area contributed by atoms with Gasteiger partial charge in [0.15, 0.2) is 0 Å². The van der Waals surface area contributed by atoms with Crippen molar-refractivity contribution in [3.8, 4) is 0 Å². The molecule has 17 heavy (non-hydrogen) atoms. The van der Waals surface area contributed by atoms with Crippen LogP contribution in [0.2, 0.25) is 5.02 Å². The Morgan fingerprint density at radius 3 is 2.65 bits per heavy atom. The molecular weight excluding hydrogens is 234 g/mol. The van der Waals surface area contributed by atoms with E-state index in [0.717, 1.165) is 11.6 Å². The maximum absolute atomic E-state index is 5.86. The molecule has 1 atom stereocenters. The minimum absolute atomic E-state index is 0.299. The van der Waals surface area contributed by atoms with Crippen molar-refractivity contribution in [2.75, 3.05) is 0 Å². The first-order chi connectivity index (χ1) is 8.15. The fourth-order valence-corrected chi connectivity index (χ4v) is 1.83. The van der Waals surface area contributed by atoms with E-state index in [4.69, 9.17) is 11.6 Å². The van der Waals surface area contributed by atoms with Gasteiger partial charge in [0, 0.05) is 36.4 Å². The lowest BCUT2D eigenvalue weighted by molar-refractivity contribution is 0.574. The van der Waals surface area contributed by atoms with Crippen molar-refractivity contribution in [1.29, 1.82) is 0 Å². The lowest BCUT2D eigenvalue weighted by atomic mass is 10.1. The fourth-order valence-electron chi connectivity index (χ4n) is 1.70. The average Bonchev–Trinajstić information content (AvgIpc) is 2.73. The molecule has 0 radical (unpaired) electrons. The van der Waals surface area contributed by atoms with E-state index in [9.17, 15) is 0 Å². The molecule has 90 valence electrons. The zero-order valence-corrected chi connectivity index (χ0v) is 10.8. The number of aryl methyl sites for hydroxylation is 1. The minimum Gasteiger partial charge on any atom is -0.306 e. The van der Waals surface area contributed by atoms with E-state index in [-0.39, 0.29) is 0 Å². The van der Waals surface area contributed by atoms with Crippen LogP contribution < -0.4 is 5.32 Å². The summed E-state index contributed by atoms with van der Waals surface area (Å²) in [6.45, 7) is 2.96. The third kappa shape index (κ3) is 3.32. The van der Waals surface area contributed by atoms with Gasteiger partial charge in [0.05, 0.1) is 6.20 Å². The predicted octanol–water partition coefficient (Wildman–Crippen LogP) is 2.92. The third-order valence-electron chi connectivity index (χ3n) is 2.74. The Morgan fingerprint density at radius 2 is 2.06 bits per heavy atom. The van der Waals surface area contributed by atoms with E-state index in [2.05, 4.69) is 17.3 Å². The fraction of sp³-hybridized carbons (Fsp3) is 0.308. The second-order valence-corrected chi connectivity index (χ2v) is 4.61. The van der Waals surface area contributed by atoms with Crippen molar-refractivity contribution in [3.63, 3.8) is 0 Å². The van der Waals surface area contributed by atoms with Crippen LogP contribution in [0.15, 0.2) is 36.7 Å². The molecule has 2 aromatic rings. The smallest absolute Gasteiger partial charge is 0.0534 e. The standard InChI is InChI=1S/C13H16ClN3/c1-10(12-3-5-13(14)6-4-12)15-7-11-8-16-17(2)9-11/h3-6,8-10,15H,7H2,1-2H3/t10-/m1/s1. The van der Waals surface area contributed by atoms with Crippen LogP contribution in [-0.4, -0.2) is 9.78 Å². The molecule has 2 rings (SSSR count). The summed E-state index contributed by atoms with van der Waals surface area (Å²) >= 11 is 5.86. The molecule has 0 unspecified atom stereocenters. The molecule has 0 amide bonds. The van der Waals surface area contributed by atoms with Gasteiger partial charge < -0.3 is 5.32 Å². The first-order valence-corrected chi connectivity index (χ1v) is 5.99. The second kappa shape index (κ2) is 5.34. The van der Waals surface area contributed by atoms with Crippen molar-refractivity contribution in [3.05, 3.63) is 52.8 Å². The summed E-state index contributed by atoms with van der Waals surface area (Å²) in [6, 6.07) is 8.22. The number of nitrogens with one attached hydrogen (secondary N) is 1. The van der Waals surface area contributed by atoms with Crippen molar-refractivity contribution in [1.82, 2.24) is 15.1 Å². The lowest BCUT2D eigenvalue weighted by Gasteiger charge is -2.13. The van der Waals surface area contributed by atoms with Gasteiger partial charge in [-0.05, 0) is 24.6 Å². The van der Waals surface area contributed by atoms with E-state index in [1.54, 1.807) is 0 Å². The minimum atomic E-state index is 0.299. The lowest BCUT2D eigenvalue weighted by Crippen LogP contribution is -2.17. The first-order valence-electron chi connectivity index (χ1n) is 5.61. The van der Waals surface area contributed by atoms with Crippen LogP contribution in [0.3, 0.4) is 0 Å². The number of hydrogen-bond donors (Lipinski definition) is 1. The maximum Gasteiger partial charge on any atom is 0.0534 e. The van der Waals surface area contributed by atoms with Gasteiger partial charge in [-0.3, -0.25) is 4.68 Å². The summed E-state index contributed by atoms with van der Waals surface area (Å²) in [4.78, 5) is 0. The zero-order valence-electron chi connectivity index (χ0n) is 10.0. The Labute approximate surface area is 106 Å². The van der Waals surface area contributed by atoms with E-state index < -0.39 is 0 Å². The molecule has 1 aromatic heterocycles. The van der Waals surface area contributed by atoms with E-state index >= 15 is 0 Å². The summed E-state index contributed by atoms with van der Waals surface area (Å²) in [5, 5.41) is 8.36. The summed E-state index contributed by atoms with van der Waals surface area (Å²) in [6.07, 6.45) is 3.89. The molecule has 0 aliphatic heterocycles. The highest BCUT2D eigenvalue weighted by molar-refractivity contribution is 6.30. The van der Waals surface area contributed by atoms with Gasteiger partial charge >= 0.3 is 0 Å². The molecule has 0 spiro atoms. The molecule has 3 nitrogen and oxygen atoms in total. The molecule has 0 fully saturated rings. The van der Waals surface area contributed by atoms with Gasteiger partial charge in [-0.15, -0.1) is 0 Å². The van der Waals surface area contributed by atoms with Crippen LogP contribution in [0.4, 0.5) is 0 Å². The second-order valence-electron chi connectivity index (χ2n) is 4.18. The molecule has 0 saturated carbocycles. The quantitative estimate of drug-likeness (QED) is 0.903. The van der Waals surface area contributed by atoms with Gasteiger partial charge in [-0.1, -0.05) is 23.7 Å². The summed E-state index contributed by atoms with van der Waals surface area (Å²) in [7, 11) is 1.92. The molecule has 1 aromatic carbocycles. The van der Waals surface area contributed by atoms with Crippen LogP contribution in [0.1, 0.15) is 24.1 Å². The van der Waals surface area contributed by atoms with Crippen LogP contribution in [0.25, 0.3) is 0 Å². The highest BCUT2D eigenvalue weighted by Crippen LogP contribution is 2.16. The van der Waals surface area contributed by atoms with Gasteiger partial charge in [0.1, 0.15) is 0 Å². The Balaban J connectivity index is 1.93.